The van der Waals surface area contributed by atoms with Gasteiger partial charge in [-0.15, -0.1) is 0 Å². The van der Waals surface area contributed by atoms with Gasteiger partial charge in [-0.2, -0.15) is 0 Å². The lowest BCUT2D eigenvalue weighted by atomic mass is 9.95. The summed E-state index contributed by atoms with van der Waals surface area (Å²) in [6, 6.07) is 11.9. The molecule has 0 bridgehead atoms. The maximum atomic E-state index is 13.6. The van der Waals surface area contributed by atoms with E-state index < -0.39 is 11.9 Å². The zero-order valence-electron chi connectivity index (χ0n) is 10.6. The molecule has 4 heteroatoms. The number of aromatic nitrogens is 1. The van der Waals surface area contributed by atoms with Crippen molar-refractivity contribution in [1.29, 1.82) is 0 Å². The molecule has 100 valence electrons. The van der Waals surface area contributed by atoms with Crippen molar-refractivity contribution in [3.8, 4) is 0 Å². The summed E-state index contributed by atoms with van der Waals surface area (Å²) in [5, 5.41) is 2.06. The van der Waals surface area contributed by atoms with Gasteiger partial charge in [-0.05, 0) is 28.6 Å². The van der Waals surface area contributed by atoms with Crippen LogP contribution in [0.15, 0.2) is 54.9 Å². The highest BCUT2D eigenvalue weighted by molar-refractivity contribution is 6.31. The number of nitrogens with zero attached hydrogens (tertiary/aromatic N) is 1. The summed E-state index contributed by atoms with van der Waals surface area (Å²) in [6.07, 6.45) is 3.49. The van der Waals surface area contributed by atoms with E-state index in [4.69, 9.17) is 17.3 Å². The highest BCUT2D eigenvalue weighted by Crippen LogP contribution is 2.31. The van der Waals surface area contributed by atoms with Gasteiger partial charge in [0.15, 0.2) is 0 Å². The fourth-order valence-corrected chi connectivity index (χ4v) is 2.59. The molecule has 3 aromatic rings. The first-order valence-electron chi connectivity index (χ1n) is 6.20. The third kappa shape index (κ3) is 2.15. The molecule has 0 fully saturated rings. The first kappa shape index (κ1) is 13.0. The Balaban J connectivity index is 2.18. The van der Waals surface area contributed by atoms with Gasteiger partial charge in [-0.25, -0.2) is 4.39 Å². The van der Waals surface area contributed by atoms with Crippen LogP contribution in [-0.2, 0) is 0 Å². The fraction of sp³-hybridized carbons (Fsp3) is 0.0625. The molecule has 0 aliphatic rings. The number of pyridine rings is 1. The maximum absolute atomic E-state index is 13.6. The standard InChI is InChI=1S/C16H12ClFN2/c17-15-13(5-2-6-14(15)18)16(19)12-4-1-3-10-9-20-8-7-11(10)12/h1-9,16H,19H2. The van der Waals surface area contributed by atoms with Crippen molar-refractivity contribution in [3.63, 3.8) is 0 Å². The molecule has 0 saturated heterocycles. The molecule has 0 radical (unpaired) electrons. The zero-order chi connectivity index (χ0) is 14.1. The number of halogens is 2. The first-order chi connectivity index (χ1) is 9.68. The van der Waals surface area contributed by atoms with Crippen LogP contribution in [-0.4, -0.2) is 4.98 Å². The molecule has 20 heavy (non-hydrogen) atoms. The van der Waals surface area contributed by atoms with Crippen molar-refractivity contribution < 1.29 is 4.39 Å². The van der Waals surface area contributed by atoms with E-state index >= 15 is 0 Å². The minimum atomic E-state index is -0.482. The van der Waals surface area contributed by atoms with E-state index in [0.29, 0.717) is 5.56 Å². The zero-order valence-corrected chi connectivity index (χ0v) is 11.3. The number of hydrogen-bond acceptors (Lipinski definition) is 2. The van der Waals surface area contributed by atoms with E-state index in [9.17, 15) is 4.39 Å². The molecule has 1 aromatic heterocycles. The van der Waals surface area contributed by atoms with Crippen LogP contribution in [0.5, 0.6) is 0 Å². The molecule has 2 nitrogen and oxygen atoms in total. The van der Waals surface area contributed by atoms with E-state index in [2.05, 4.69) is 4.98 Å². The Kier molecular flexibility index (Phi) is 3.38. The Morgan fingerprint density at radius 1 is 1.05 bits per heavy atom. The second-order valence-corrected chi connectivity index (χ2v) is 4.94. The third-order valence-corrected chi connectivity index (χ3v) is 3.76. The minimum absolute atomic E-state index is 0.0751. The van der Waals surface area contributed by atoms with Crippen LogP contribution < -0.4 is 5.73 Å². The van der Waals surface area contributed by atoms with Gasteiger partial charge in [0.1, 0.15) is 5.82 Å². The quantitative estimate of drug-likeness (QED) is 0.771. The van der Waals surface area contributed by atoms with Gasteiger partial charge in [0.2, 0.25) is 0 Å². The summed E-state index contributed by atoms with van der Waals surface area (Å²) < 4.78 is 13.6. The lowest BCUT2D eigenvalue weighted by Gasteiger charge is -2.16. The monoisotopic (exact) mass is 286 g/mol. The van der Waals surface area contributed by atoms with Gasteiger partial charge in [0.25, 0.3) is 0 Å². The van der Waals surface area contributed by atoms with Crippen LogP contribution in [0.4, 0.5) is 4.39 Å². The van der Waals surface area contributed by atoms with Crippen molar-refractivity contribution in [3.05, 3.63) is 76.8 Å². The van der Waals surface area contributed by atoms with Crippen LogP contribution in [0, 0.1) is 5.82 Å². The Labute approximate surface area is 121 Å². The van der Waals surface area contributed by atoms with Crippen LogP contribution in [0.3, 0.4) is 0 Å². The Hall–Kier alpha value is -1.97. The van der Waals surface area contributed by atoms with E-state index in [-0.39, 0.29) is 5.02 Å². The molecule has 0 amide bonds. The second kappa shape index (κ2) is 5.19. The molecule has 2 N–H and O–H groups in total. The van der Waals surface area contributed by atoms with Gasteiger partial charge in [0, 0.05) is 17.8 Å². The Bertz CT molecular complexity index is 768. The predicted molar refractivity (Wildman–Crippen MR) is 79.2 cm³/mol. The molecule has 2 aromatic carbocycles. The highest BCUT2D eigenvalue weighted by atomic mass is 35.5. The van der Waals surface area contributed by atoms with Crippen LogP contribution in [0.1, 0.15) is 17.2 Å². The van der Waals surface area contributed by atoms with Crippen molar-refractivity contribution in [2.75, 3.05) is 0 Å². The van der Waals surface area contributed by atoms with E-state index in [1.54, 1.807) is 24.5 Å². The maximum Gasteiger partial charge on any atom is 0.142 e. The third-order valence-electron chi connectivity index (χ3n) is 3.37. The van der Waals surface area contributed by atoms with Gasteiger partial charge < -0.3 is 5.73 Å². The number of fused-ring (bicyclic) bond motifs is 1. The van der Waals surface area contributed by atoms with Crippen molar-refractivity contribution in [1.82, 2.24) is 4.98 Å². The highest BCUT2D eigenvalue weighted by Gasteiger charge is 2.16. The average Bonchev–Trinajstić information content (AvgIpc) is 2.49. The Morgan fingerprint density at radius 2 is 1.80 bits per heavy atom. The van der Waals surface area contributed by atoms with Gasteiger partial charge in [-0.3, -0.25) is 4.98 Å². The second-order valence-electron chi connectivity index (χ2n) is 4.56. The van der Waals surface area contributed by atoms with E-state index in [1.807, 2.05) is 24.3 Å². The minimum Gasteiger partial charge on any atom is -0.320 e. The smallest absolute Gasteiger partial charge is 0.142 e. The number of benzene rings is 2. The van der Waals surface area contributed by atoms with E-state index in [0.717, 1.165) is 16.3 Å². The van der Waals surface area contributed by atoms with Crippen molar-refractivity contribution in [2.24, 2.45) is 5.73 Å². The molecule has 0 saturated carbocycles. The molecule has 0 spiro atoms. The van der Waals surface area contributed by atoms with Crippen LogP contribution >= 0.6 is 11.6 Å². The molecule has 3 rings (SSSR count). The summed E-state index contributed by atoms with van der Waals surface area (Å²) in [6.45, 7) is 0. The van der Waals surface area contributed by atoms with Gasteiger partial charge in [0.05, 0.1) is 11.1 Å². The summed E-state index contributed by atoms with van der Waals surface area (Å²) in [5.41, 5.74) is 7.76. The average molecular weight is 287 g/mol. The summed E-state index contributed by atoms with van der Waals surface area (Å²) in [4.78, 5) is 4.09. The number of hydrogen-bond donors (Lipinski definition) is 1. The molecular weight excluding hydrogens is 275 g/mol. The molecule has 0 aliphatic carbocycles. The largest absolute Gasteiger partial charge is 0.320 e. The molecule has 1 unspecified atom stereocenters. The normalized spacial score (nSPS) is 12.6. The SMILES string of the molecule is NC(c1cccc(F)c1Cl)c1cccc2cnccc12. The number of rotatable bonds is 2. The topological polar surface area (TPSA) is 38.9 Å². The van der Waals surface area contributed by atoms with Crippen LogP contribution in [0.25, 0.3) is 10.8 Å². The van der Waals surface area contributed by atoms with Gasteiger partial charge >= 0.3 is 0 Å². The van der Waals surface area contributed by atoms with E-state index in [1.165, 1.54) is 6.07 Å². The summed E-state index contributed by atoms with van der Waals surface area (Å²) in [5.74, 6) is -0.457. The lowest BCUT2D eigenvalue weighted by molar-refractivity contribution is 0.624. The first-order valence-corrected chi connectivity index (χ1v) is 6.58. The van der Waals surface area contributed by atoms with Crippen LogP contribution in [0.2, 0.25) is 5.02 Å². The molecule has 1 heterocycles. The fourth-order valence-electron chi connectivity index (χ4n) is 2.35. The van der Waals surface area contributed by atoms with Crippen molar-refractivity contribution >= 4 is 22.4 Å². The molecular formula is C16H12ClFN2. The predicted octanol–water partition coefficient (Wildman–Crippen LogP) is 4.08. The molecule has 0 aliphatic heterocycles. The summed E-state index contributed by atoms with van der Waals surface area (Å²) in [7, 11) is 0. The summed E-state index contributed by atoms with van der Waals surface area (Å²) >= 11 is 6.02. The lowest BCUT2D eigenvalue weighted by Crippen LogP contribution is -2.13. The Morgan fingerprint density at radius 3 is 2.65 bits per heavy atom. The molecule has 1 atom stereocenters. The van der Waals surface area contributed by atoms with Gasteiger partial charge in [-0.1, -0.05) is 41.9 Å². The number of nitrogens with two attached hydrogens (primary N) is 1. The van der Waals surface area contributed by atoms with Crippen molar-refractivity contribution in [2.45, 2.75) is 6.04 Å².